The fourth-order valence-electron chi connectivity index (χ4n) is 2.12. The highest BCUT2D eigenvalue weighted by Crippen LogP contribution is 2.10. The first kappa shape index (κ1) is 21.1. The summed E-state index contributed by atoms with van der Waals surface area (Å²) in [4.78, 5) is 20.4. The van der Waals surface area contributed by atoms with E-state index in [4.69, 9.17) is 5.11 Å². The molecule has 1 N–H and O–H groups in total. The van der Waals surface area contributed by atoms with Crippen LogP contribution in [0.2, 0.25) is 0 Å². The van der Waals surface area contributed by atoms with Gasteiger partial charge in [0.1, 0.15) is 6.29 Å². The second-order valence-corrected chi connectivity index (χ2v) is 5.47. The molecule has 0 unspecified atom stereocenters. The molecule has 128 valence electrons. The number of carbonyl (C=O) groups is 2. The second kappa shape index (κ2) is 18.1. The van der Waals surface area contributed by atoms with Crippen LogP contribution in [0.4, 0.5) is 0 Å². The fraction of sp³-hybridized carbons (Fsp3) is 0.500. The predicted molar refractivity (Wildman–Crippen MR) is 96.4 cm³/mol. The van der Waals surface area contributed by atoms with Crippen LogP contribution in [0.1, 0.15) is 64.2 Å². The molecule has 0 rings (SSSR count). The number of carboxylic acids is 1. The molecule has 0 aromatic rings. The zero-order valence-corrected chi connectivity index (χ0v) is 14.0. The Morgan fingerprint density at radius 3 is 1.70 bits per heavy atom. The van der Waals surface area contributed by atoms with E-state index < -0.39 is 5.97 Å². The van der Waals surface area contributed by atoms with Crippen molar-refractivity contribution in [1.82, 2.24) is 0 Å². The lowest BCUT2D eigenvalue weighted by Crippen LogP contribution is -1.84. The van der Waals surface area contributed by atoms with E-state index in [1.54, 1.807) is 12.2 Å². The molecule has 0 aromatic carbocycles. The second-order valence-electron chi connectivity index (χ2n) is 5.47. The minimum Gasteiger partial charge on any atom is -0.478 e. The van der Waals surface area contributed by atoms with Gasteiger partial charge in [-0.2, -0.15) is 0 Å². The third-order valence-corrected chi connectivity index (χ3v) is 3.37. The maximum absolute atomic E-state index is 10.2. The standard InChI is InChI=1S/C20H30O3/c21-19-17-15-13-11-9-7-5-3-1-2-4-6-8-10-12-14-16-18-20(22)23/h4,6,8,10,12,14,16,18-19H,1-3,5,7,9,11,13,15,17H2,(H,22,23). The molecule has 0 aliphatic rings. The van der Waals surface area contributed by atoms with E-state index in [0.29, 0.717) is 0 Å². The lowest BCUT2D eigenvalue weighted by Gasteiger charge is -2.00. The smallest absolute Gasteiger partial charge is 0.328 e. The molecule has 3 heteroatoms. The van der Waals surface area contributed by atoms with Crippen LogP contribution in [0.3, 0.4) is 0 Å². The van der Waals surface area contributed by atoms with Crippen molar-refractivity contribution in [2.75, 3.05) is 0 Å². The highest BCUT2D eigenvalue weighted by Gasteiger charge is 1.91. The van der Waals surface area contributed by atoms with Gasteiger partial charge in [0.05, 0.1) is 0 Å². The van der Waals surface area contributed by atoms with Crippen LogP contribution in [0.5, 0.6) is 0 Å². The summed E-state index contributed by atoms with van der Waals surface area (Å²) in [7, 11) is 0. The predicted octanol–water partition coefficient (Wildman–Crippen LogP) is 5.40. The first-order valence-electron chi connectivity index (χ1n) is 8.60. The topological polar surface area (TPSA) is 54.4 Å². The Hall–Kier alpha value is -1.90. The van der Waals surface area contributed by atoms with Crippen LogP contribution < -0.4 is 0 Å². The summed E-state index contributed by atoms with van der Waals surface area (Å²) in [6, 6.07) is 0. The summed E-state index contributed by atoms with van der Waals surface area (Å²) in [5.74, 6) is -0.934. The Morgan fingerprint density at radius 2 is 1.13 bits per heavy atom. The van der Waals surface area contributed by atoms with Crippen LogP contribution in [0.25, 0.3) is 0 Å². The molecule has 0 saturated carbocycles. The third kappa shape index (κ3) is 20.1. The van der Waals surface area contributed by atoms with Crippen LogP contribution in [0.15, 0.2) is 48.6 Å². The molecule has 0 heterocycles. The Bertz CT molecular complexity index is 403. The van der Waals surface area contributed by atoms with E-state index in [-0.39, 0.29) is 0 Å². The molecule has 0 aromatic heterocycles. The summed E-state index contributed by atoms with van der Waals surface area (Å²) in [6.45, 7) is 0. The largest absolute Gasteiger partial charge is 0.478 e. The number of aldehydes is 1. The summed E-state index contributed by atoms with van der Waals surface area (Å²) >= 11 is 0. The monoisotopic (exact) mass is 318 g/mol. The van der Waals surface area contributed by atoms with Crippen LogP contribution in [0, 0.1) is 0 Å². The van der Waals surface area contributed by atoms with Crippen molar-refractivity contribution in [2.24, 2.45) is 0 Å². The molecule has 0 atom stereocenters. The van der Waals surface area contributed by atoms with Gasteiger partial charge >= 0.3 is 5.97 Å². The molecule has 0 spiro atoms. The van der Waals surface area contributed by atoms with E-state index >= 15 is 0 Å². The molecule has 0 aliphatic carbocycles. The van der Waals surface area contributed by atoms with Crippen molar-refractivity contribution in [3.05, 3.63) is 48.6 Å². The normalized spacial score (nSPS) is 12.2. The molecule has 0 aliphatic heterocycles. The third-order valence-electron chi connectivity index (χ3n) is 3.37. The summed E-state index contributed by atoms with van der Waals surface area (Å²) < 4.78 is 0. The molecule has 0 amide bonds. The number of hydrogen-bond donors (Lipinski definition) is 1. The average molecular weight is 318 g/mol. The number of allylic oxidation sites excluding steroid dienone is 7. The van der Waals surface area contributed by atoms with E-state index in [9.17, 15) is 9.59 Å². The molecule has 23 heavy (non-hydrogen) atoms. The van der Waals surface area contributed by atoms with E-state index in [1.807, 2.05) is 18.2 Å². The first-order chi connectivity index (χ1) is 11.3. The van der Waals surface area contributed by atoms with E-state index in [1.165, 1.54) is 51.0 Å². The molecule has 0 saturated heterocycles. The minimum atomic E-state index is -0.934. The molecule has 0 radical (unpaired) electrons. The van der Waals surface area contributed by atoms with Crippen molar-refractivity contribution >= 4 is 12.3 Å². The van der Waals surface area contributed by atoms with E-state index in [2.05, 4.69) is 6.08 Å². The van der Waals surface area contributed by atoms with Gasteiger partial charge < -0.3 is 9.90 Å². The fourth-order valence-corrected chi connectivity index (χ4v) is 2.12. The van der Waals surface area contributed by atoms with Gasteiger partial charge in [-0.1, -0.05) is 81.1 Å². The minimum absolute atomic E-state index is 0.718. The van der Waals surface area contributed by atoms with Crippen molar-refractivity contribution < 1.29 is 14.7 Å². The number of hydrogen-bond acceptors (Lipinski definition) is 2. The SMILES string of the molecule is O=CCCCCCCCCCCC=CC=CC=CC=CC(=O)O. The van der Waals surface area contributed by atoms with Crippen molar-refractivity contribution in [2.45, 2.75) is 64.2 Å². The number of carboxylic acid groups (broad SMARTS) is 1. The maximum atomic E-state index is 10.2. The van der Waals surface area contributed by atoms with Crippen molar-refractivity contribution in [1.29, 1.82) is 0 Å². The van der Waals surface area contributed by atoms with Crippen LogP contribution >= 0.6 is 0 Å². The van der Waals surface area contributed by atoms with Gasteiger partial charge in [0.25, 0.3) is 0 Å². The summed E-state index contributed by atoms with van der Waals surface area (Å²) in [6.07, 6.45) is 26.9. The number of aliphatic carboxylic acids is 1. The van der Waals surface area contributed by atoms with Crippen molar-refractivity contribution in [3.63, 3.8) is 0 Å². The number of unbranched alkanes of at least 4 members (excludes halogenated alkanes) is 9. The van der Waals surface area contributed by atoms with Gasteiger partial charge in [-0.15, -0.1) is 0 Å². The van der Waals surface area contributed by atoms with Gasteiger partial charge in [-0.3, -0.25) is 0 Å². The Balaban J connectivity index is 3.34. The van der Waals surface area contributed by atoms with Gasteiger partial charge in [0.2, 0.25) is 0 Å². The summed E-state index contributed by atoms with van der Waals surface area (Å²) in [5, 5.41) is 8.39. The molecule has 3 nitrogen and oxygen atoms in total. The average Bonchev–Trinajstić information content (AvgIpc) is 2.53. The van der Waals surface area contributed by atoms with Gasteiger partial charge in [-0.05, 0) is 19.3 Å². The van der Waals surface area contributed by atoms with Gasteiger partial charge in [0, 0.05) is 12.5 Å². The number of carbonyl (C=O) groups excluding carboxylic acids is 1. The van der Waals surface area contributed by atoms with E-state index in [0.717, 1.165) is 31.6 Å². The quantitative estimate of drug-likeness (QED) is 0.190. The van der Waals surface area contributed by atoms with Gasteiger partial charge in [0.15, 0.2) is 0 Å². The first-order valence-corrected chi connectivity index (χ1v) is 8.60. The summed E-state index contributed by atoms with van der Waals surface area (Å²) in [5.41, 5.74) is 0. The van der Waals surface area contributed by atoms with Crippen LogP contribution in [-0.4, -0.2) is 17.4 Å². The zero-order valence-electron chi connectivity index (χ0n) is 14.0. The lowest BCUT2D eigenvalue weighted by molar-refractivity contribution is -0.131. The Morgan fingerprint density at radius 1 is 0.652 bits per heavy atom. The van der Waals surface area contributed by atoms with Crippen molar-refractivity contribution in [3.8, 4) is 0 Å². The van der Waals surface area contributed by atoms with Crippen LogP contribution in [-0.2, 0) is 9.59 Å². The Kier molecular flexibility index (Phi) is 16.7. The molecular formula is C20H30O3. The zero-order chi connectivity index (χ0) is 17.0. The lowest BCUT2D eigenvalue weighted by atomic mass is 10.1. The number of rotatable bonds is 15. The molecule has 0 fully saturated rings. The highest BCUT2D eigenvalue weighted by atomic mass is 16.4. The highest BCUT2D eigenvalue weighted by molar-refractivity contribution is 5.80. The van der Waals surface area contributed by atoms with Gasteiger partial charge in [-0.25, -0.2) is 4.79 Å². The Labute approximate surface area is 140 Å². The molecular weight excluding hydrogens is 288 g/mol. The molecule has 0 bridgehead atoms. The maximum Gasteiger partial charge on any atom is 0.328 e.